The van der Waals surface area contributed by atoms with E-state index in [0.29, 0.717) is 6.04 Å². The summed E-state index contributed by atoms with van der Waals surface area (Å²) in [6.45, 7) is 3.32. The Morgan fingerprint density at radius 3 is 2.41 bits per heavy atom. The van der Waals surface area contributed by atoms with Gasteiger partial charge in [0, 0.05) is 12.6 Å². The first-order valence-corrected chi connectivity index (χ1v) is 9.52. The Labute approximate surface area is 182 Å². The molecule has 3 aromatic carbocycles. The number of methoxy groups -OCH3 is 1. The number of nitrogens with zero attached hydrogens (tertiary/aromatic N) is 1. The second-order valence-corrected chi connectivity index (χ2v) is 7.49. The fourth-order valence-electron chi connectivity index (χ4n) is 4.21. The average molecular weight is 437 g/mol. The van der Waals surface area contributed by atoms with Crippen molar-refractivity contribution in [2.24, 2.45) is 5.73 Å². The van der Waals surface area contributed by atoms with Crippen LogP contribution in [0.1, 0.15) is 18.4 Å². The van der Waals surface area contributed by atoms with E-state index in [-0.39, 0.29) is 31.6 Å². The van der Waals surface area contributed by atoms with Crippen molar-refractivity contribution in [3.05, 3.63) is 42.0 Å². The summed E-state index contributed by atoms with van der Waals surface area (Å²) >= 11 is 0. The van der Waals surface area contributed by atoms with Crippen LogP contribution in [0.5, 0.6) is 17.2 Å². The van der Waals surface area contributed by atoms with Gasteiger partial charge in [-0.1, -0.05) is 6.07 Å². The molecule has 2 aliphatic rings. The minimum atomic E-state index is 0. The molecule has 3 aromatic rings. The highest BCUT2D eigenvalue weighted by Gasteiger charge is 2.20. The van der Waals surface area contributed by atoms with Crippen molar-refractivity contribution in [1.82, 2.24) is 4.90 Å². The Morgan fingerprint density at radius 2 is 1.69 bits per heavy atom. The van der Waals surface area contributed by atoms with Crippen LogP contribution in [-0.4, -0.2) is 37.9 Å². The molecule has 0 aliphatic carbocycles. The third-order valence-electron chi connectivity index (χ3n) is 5.76. The molecule has 7 heteroatoms. The minimum Gasteiger partial charge on any atom is -0.497 e. The van der Waals surface area contributed by atoms with Crippen molar-refractivity contribution < 1.29 is 14.2 Å². The van der Waals surface area contributed by atoms with Gasteiger partial charge in [-0.05, 0) is 83.4 Å². The van der Waals surface area contributed by atoms with Crippen molar-refractivity contribution >= 4 is 46.4 Å². The Kier molecular flexibility index (Phi) is 6.64. The van der Waals surface area contributed by atoms with Gasteiger partial charge in [0.2, 0.25) is 6.79 Å². The average Bonchev–Trinajstić information content (AvgIpc) is 3.15. The van der Waals surface area contributed by atoms with Crippen LogP contribution in [0.3, 0.4) is 0 Å². The standard InChI is InChI=1S/C22H24N2O3.2ClH/c1-25-17-2-3-18-15(12-24-6-4-16(23)5-7-24)8-14-9-21-22(27-13-26-21)11-19(14)20(18)10-17;;/h2-3,8-11,16H,4-7,12-13,23H2,1H3;2*1H. The molecule has 0 amide bonds. The van der Waals surface area contributed by atoms with Crippen LogP contribution in [0.2, 0.25) is 0 Å². The van der Waals surface area contributed by atoms with Crippen molar-refractivity contribution in [2.75, 3.05) is 27.0 Å². The zero-order chi connectivity index (χ0) is 18.4. The maximum atomic E-state index is 6.07. The van der Waals surface area contributed by atoms with E-state index >= 15 is 0 Å². The molecule has 5 nitrogen and oxygen atoms in total. The Hall–Kier alpha value is -1.92. The number of ether oxygens (including phenoxy) is 3. The zero-order valence-electron chi connectivity index (χ0n) is 16.3. The topological polar surface area (TPSA) is 57.0 Å². The van der Waals surface area contributed by atoms with Gasteiger partial charge in [0.15, 0.2) is 11.5 Å². The van der Waals surface area contributed by atoms with Crippen LogP contribution in [0.25, 0.3) is 21.5 Å². The Balaban J connectivity index is 0.00000120. The molecule has 0 aromatic heterocycles. The van der Waals surface area contributed by atoms with Crippen molar-refractivity contribution in [2.45, 2.75) is 25.4 Å². The number of likely N-dealkylation sites (tertiary alicyclic amines) is 1. The minimum absolute atomic E-state index is 0. The van der Waals surface area contributed by atoms with Gasteiger partial charge in [-0.25, -0.2) is 0 Å². The van der Waals surface area contributed by atoms with Crippen LogP contribution >= 0.6 is 24.8 Å². The predicted molar refractivity (Wildman–Crippen MR) is 121 cm³/mol. The molecular formula is C22H26Cl2N2O3. The number of hydrogen-bond donors (Lipinski definition) is 1. The summed E-state index contributed by atoms with van der Waals surface area (Å²) in [6, 6.07) is 13.1. The van der Waals surface area contributed by atoms with E-state index in [1.54, 1.807) is 7.11 Å². The van der Waals surface area contributed by atoms with E-state index in [1.165, 1.54) is 21.7 Å². The van der Waals surface area contributed by atoms with E-state index < -0.39 is 0 Å². The third kappa shape index (κ3) is 4.05. The van der Waals surface area contributed by atoms with Crippen LogP contribution in [0, 0.1) is 0 Å². The molecule has 2 aliphatic heterocycles. The van der Waals surface area contributed by atoms with E-state index in [1.807, 2.05) is 6.07 Å². The van der Waals surface area contributed by atoms with Gasteiger partial charge in [0.25, 0.3) is 0 Å². The molecule has 0 radical (unpaired) electrons. The lowest BCUT2D eigenvalue weighted by molar-refractivity contribution is 0.174. The molecule has 0 saturated carbocycles. The quantitative estimate of drug-likeness (QED) is 0.612. The molecule has 0 unspecified atom stereocenters. The summed E-state index contributed by atoms with van der Waals surface area (Å²) in [5, 5.41) is 4.78. The maximum Gasteiger partial charge on any atom is 0.231 e. The van der Waals surface area contributed by atoms with Gasteiger partial charge in [-0.3, -0.25) is 4.90 Å². The van der Waals surface area contributed by atoms with E-state index in [0.717, 1.165) is 55.1 Å². The van der Waals surface area contributed by atoms with E-state index in [2.05, 4.69) is 35.2 Å². The molecule has 29 heavy (non-hydrogen) atoms. The fourth-order valence-corrected chi connectivity index (χ4v) is 4.21. The van der Waals surface area contributed by atoms with Crippen molar-refractivity contribution in [3.8, 4) is 17.2 Å². The summed E-state index contributed by atoms with van der Waals surface area (Å²) in [7, 11) is 1.71. The summed E-state index contributed by atoms with van der Waals surface area (Å²) in [5.74, 6) is 2.49. The lowest BCUT2D eigenvalue weighted by atomic mass is 9.95. The first-order valence-electron chi connectivity index (χ1n) is 9.52. The Bertz CT molecular complexity index is 1020. The molecule has 1 fully saturated rings. The maximum absolute atomic E-state index is 6.07. The predicted octanol–water partition coefficient (Wildman–Crippen LogP) is 4.50. The largest absolute Gasteiger partial charge is 0.497 e. The van der Waals surface area contributed by atoms with Gasteiger partial charge in [-0.15, -0.1) is 24.8 Å². The molecule has 0 bridgehead atoms. The number of halogens is 2. The third-order valence-corrected chi connectivity index (χ3v) is 5.76. The molecule has 156 valence electrons. The summed E-state index contributed by atoms with van der Waals surface area (Å²) < 4.78 is 16.7. The highest BCUT2D eigenvalue weighted by Crippen LogP contribution is 2.40. The Morgan fingerprint density at radius 1 is 0.966 bits per heavy atom. The van der Waals surface area contributed by atoms with Crippen LogP contribution in [0.15, 0.2) is 36.4 Å². The number of benzene rings is 3. The normalized spacial score (nSPS) is 16.5. The molecule has 2 heterocycles. The second-order valence-electron chi connectivity index (χ2n) is 7.49. The number of nitrogens with two attached hydrogens (primary N) is 1. The van der Waals surface area contributed by atoms with Crippen LogP contribution in [0.4, 0.5) is 0 Å². The second kappa shape index (κ2) is 8.84. The lowest BCUT2D eigenvalue weighted by Gasteiger charge is -2.30. The molecule has 1 saturated heterocycles. The summed E-state index contributed by atoms with van der Waals surface area (Å²) in [5.41, 5.74) is 7.40. The molecule has 0 spiro atoms. The molecule has 5 rings (SSSR count). The van der Waals surface area contributed by atoms with Crippen molar-refractivity contribution in [1.29, 1.82) is 0 Å². The van der Waals surface area contributed by atoms with Gasteiger partial charge in [0.1, 0.15) is 5.75 Å². The first-order chi connectivity index (χ1) is 13.2. The van der Waals surface area contributed by atoms with Crippen molar-refractivity contribution in [3.63, 3.8) is 0 Å². The van der Waals surface area contributed by atoms with Gasteiger partial charge in [-0.2, -0.15) is 0 Å². The van der Waals surface area contributed by atoms with Crippen LogP contribution in [-0.2, 0) is 6.54 Å². The van der Waals surface area contributed by atoms with Gasteiger partial charge in [0.05, 0.1) is 7.11 Å². The van der Waals surface area contributed by atoms with Crippen LogP contribution < -0.4 is 19.9 Å². The summed E-state index contributed by atoms with van der Waals surface area (Å²) in [4.78, 5) is 2.50. The molecule has 2 N–H and O–H groups in total. The van der Waals surface area contributed by atoms with E-state index in [4.69, 9.17) is 19.9 Å². The van der Waals surface area contributed by atoms with E-state index in [9.17, 15) is 0 Å². The highest BCUT2D eigenvalue weighted by atomic mass is 35.5. The number of hydrogen-bond acceptors (Lipinski definition) is 5. The lowest BCUT2D eigenvalue weighted by Crippen LogP contribution is -2.39. The first kappa shape index (κ1) is 21.8. The monoisotopic (exact) mass is 436 g/mol. The fraction of sp³-hybridized carbons (Fsp3) is 0.364. The number of rotatable bonds is 3. The SMILES string of the molecule is COc1ccc2c(CN3CCC(N)CC3)cc3cc4c(cc3c2c1)OCO4.Cl.Cl. The number of piperidine rings is 1. The molecule has 0 atom stereocenters. The molecular weight excluding hydrogens is 411 g/mol. The highest BCUT2D eigenvalue weighted by molar-refractivity contribution is 6.10. The smallest absolute Gasteiger partial charge is 0.231 e. The summed E-state index contributed by atoms with van der Waals surface area (Å²) in [6.07, 6.45) is 2.13. The van der Waals surface area contributed by atoms with Gasteiger partial charge < -0.3 is 19.9 Å². The number of fused-ring (bicyclic) bond motifs is 4. The van der Waals surface area contributed by atoms with Gasteiger partial charge >= 0.3 is 0 Å². The zero-order valence-corrected chi connectivity index (χ0v) is 18.0.